The van der Waals surface area contributed by atoms with Crippen molar-refractivity contribution in [3.63, 3.8) is 0 Å². The molecule has 0 saturated heterocycles. The van der Waals surface area contributed by atoms with Crippen LogP contribution in [0.5, 0.6) is 0 Å². The van der Waals surface area contributed by atoms with E-state index in [0.717, 1.165) is 22.4 Å². The standard InChI is InChI=1S/C23H30N2O2/c1-17-9-8-10-19(15-17)16-22(27)24-13-14-25(18(2)26)21-12-7-6-11-20(21)23(3,4)5/h6-12,15H,13-14,16H2,1-5H3,(H,24,27). The summed E-state index contributed by atoms with van der Waals surface area (Å²) < 4.78 is 0. The second-order valence-corrected chi connectivity index (χ2v) is 7.95. The molecule has 0 radical (unpaired) electrons. The zero-order chi connectivity index (χ0) is 20.0. The van der Waals surface area contributed by atoms with E-state index < -0.39 is 0 Å². The maximum absolute atomic E-state index is 12.2. The molecule has 0 aliphatic heterocycles. The lowest BCUT2D eigenvalue weighted by atomic mass is 9.85. The minimum absolute atomic E-state index is 0.0281. The lowest BCUT2D eigenvalue weighted by Crippen LogP contribution is -2.39. The van der Waals surface area contributed by atoms with Gasteiger partial charge in [-0.25, -0.2) is 0 Å². The summed E-state index contributed by atoms with van der Waals surface area (Å²) in [7, 11) is 0. The zero-order valence-corrected chi connectivity index (χ0v) is 17.0. The van der Waals surface area contributed by atoms with Gasteiger partial charge in [-0.3, -0.25) is 9.59 Å². The smallest absolute Gasteiger partial charge is 0.224 e. The SMILES string of the molecule is CC(=O)N(CCNC(=O)Cc1cccc(C)c1)c1ccccc1C(C)(C)C. The fourth-order valence-electron chi connectivity index (χ4n) is 3.17. The Morgan fingerprint density at radius 3 is 2.37 bits per heavy atom. The highest BCUT2D eigenvalue weighted by Gasteiger charge is 2.22. The molecule has 0 aromatic heterocycles. The molecule has 2 aromatic carbocycles. The molecule has 0 atom stereocenters. The van der Waals surface area contributed by atoms with Crippen molar-refractivity contribution in [3.8, 4) is 0 Å². The number of para-hydroxylation sites is 1. The van der Waals surface area contributed by atoms with Gasteiger partial charge in [-0.1, -0.05) is 68.8 Å². The van der Waals surface area contributed by atoms with Crippen LogP contribution in [0.3, 0.4) is 0 Å². The van der Waals surface area contributed by atoms with E-state index in [4.69, 9.17) is 0 Å². The Balaban J connectivity index is 2.02. The van der Waals surface area contributed by atoms with E-state index in [-0.39, 0.29) is 17.2 Å². The lowest BCUT2D eigenvalue weighted by Gasteiger charge is -2.29. The first-order valence-electron chi connectivity index (χ1n) is 9.38. The minimum Gasteiger partial charge on any atom is -0.354 e. The molecule has 0 aliphatic rings. The van der Waals surface area contributed by atoms with Crippen LogP contribution in [-0.2, 0) is 21.4 Å². The molecule has 144 valence electrons. The van der Waals surface area contributed by atoms with Gasteiger partial charge in [-0.2, -0.15) is 0 Å². The van der Waals surface area contributed by atoms with Crippen LogP contribution in [-0.4, -0.2) is 24.9 Å². The van der Waals surface area contributed by atoms with Crippen LogP contribution in [0, 0.1) is 6.92 Å². The molecule has 2 aromatic rings. The Labute approximate surface area is 162 Å². The van der Waals surface area contributed by atoms with E-state index in [1.807, 2.05) is 49.4 Å². The van der Waals surface area contributed by atoms with Crippen LogP contribution in [0.15, 0.2) is 48.5 Å². The van der Waals surface area contributed by atoms with Gasteiger partial charge in [0.05, 0.1) is 6.42 Å². The van der Waals surface area contributed by atoms with Crippen LogP contribution < -0.4 is 10.2 Å². The Morgan fingerprint density at radius 1 is 1.04 bits per heavy atom. The third-order valence-corrected chi connectivity index (χ3v) is 4.49. The first-order chi connectivity index (χ1) is 12.7. The van der Waals surface area contributed by atoms with Gasteiger partial charge in [0.15, 0.2) is 0 Å². The van der Waals surface area contributed by atoms with Gasteiger partial charge in [0, 0.05) is 25.7 Å². The first kappa shape index (κ1) is 20.7. The molecule has 2 rings (SSSR count). The Hall–Kier alpha value is -2.62. The quantitative estimate of drug-likeness (QED) is 0.840. The average Bonchev–Trinajstić information content (AvgIpc) is 2.57. The van der Waals surface area contributed by atoms with Gasteiger partial charge < -0.3 is 10.2 Å². The van der Waals surface area contributed by atoms with Gasteiger partial charge in [-0.05, 0) is 29.5 Å². The molecule has 2 amide bonds. The zero-order valence-electron chi connectivity index (χ0n) is 17.0. The fourth-order valence-corrected chi connectivity index (χ4v) is 3.17. The van der Waals surface area contributed by atoms with Crippen molar-refractivity contribution in [2.24, 2.45) is 0 Å². The number of nitrogens with zero attached hydrogens (tertiary/aromatic N) is 1. The van der Waals surface area contributed by atoms with Gasteiger partial charge in [0.2, 0.25) is 11.8 Å². The molecule has 4 nitrogen and oxygen atoms in total. The van der Waals surface area contributed by atoms with E-state index in [2.05, 4.69) is 32.2 Å². The largest absolute Gasteiger partial charge is 0.354 e. The van der Waals surface area contributed by atoms with Crippen molar-refractivity contribution in [2.75, 3.05) is 18.0 Å². The number of hydrogen-bond donors (Lipinski definition) is 1. The van der Waals surface area contributed by atoms with Crippen molar-refractivity contribution >= 4 is 17.5 Å². The van der Waals surface area contributed by atoms with E-state index in [1.54, 1.807) is 11.8 Å². The number of benzene rings is 2. The Morgan fingerprint density at radius 2 is 1.74 bits per heavy atom. The van der Waals surface area contributed by atoms with Crippen LogP contribution in [0.2, 0.25) is 0 Å². The summed E-state index contributed by atoms with van der Waals surface area (Å²) in [5.74, 6) is -0.0622. The van der Waals surface area contributed by atoms with Crippen LogP contribution in [0.1, 0.15) is 44.4 Å². The van der Waals surface area contributed by atoms with Crippen LogP contribution >= 0.6 is 0 Å². The fraction of sp³-hybridized carbons (Fsp3) is 0.391. The van der Waals surface area contributed by atoms with Crippen LogP contribution in [0.4, 0.5) is 5.69 Å². The summed E-state index contributed by atoms with van der Waals surface area (Å²) in [6.45, 7) is 10.8. The topological polar surface area (TPSA) is 49.4 Å². The van der Waals surface area contributed by atoms with Gasteiger partial charge in [-0.15, -0.1) is 0 Å². The summed E-state index contributed by atoms with van der Waals surface area (Å²) in [5.41, 5.74) is 4.09. The average molecular weight is 367 g/mol. The molecule has 0 saturated carbocycles. The number of hydrogen-bond acceptors (Lipinski definition) is 2. The highest BCUT2D eigenvalue weighted by molar-refractivity contribution is 5.92. The number of nitrogens with one attached hydrogen (secondary N) is 1. The summed E-state index contributed by atoms with van der Waals surface area (Å²) >= 11 is 0. The molecule has 27 heavy (non-hydrogen) atoms. The third kappa shape index (κ3) is 5.95. The van der Waals surface area contributed by atoms with Crippen molar-refractivity contribution in [1.29, 1.82) is 0 Å². The molecule has 0 unspecified atom stereocenters. The maximum Gasteiger partial charge on any atom is 0.224 e. The normalized spacial score (nSPS) is 11.1. The summed E-state index contributed by atoms with van der Waals surface area (Å²) in [4.78, 5) is 26.2. The number of amides is 2. The summed E-state index contributed by atoms with van der Waals surface area (Å²) in [6.07, 6.45) is 0.348. The second-order valence-electron chi connectivity index (χ2n) is 7.95. The van der Waals surface area contributed by atoms with E-state index in [9.17, 15) is 9.59 Å². The second kappa shape index (κ2) is 8.85. The van der Waals surface area contributed by atoms with Crippen molar-refractivity contribution in [1.82, 2.24) is 5.32 Å². The predicted molar refractivity (Wildman–Crippen MR) is 111 cm³/mol. The monoisotopic (exact) mass is 366 g/mol. The molecule has 0 aliphatic carbocycles. The van der Waals surface area contributed by atoms with Crippen molar-refractivity contribution < 1.29 is 9.59 Å². The predicted octanol–water partition coefficient (Wildman–Crippen LogP) is 4.00. The molecule has 0 bridgehead atoms. The first-order valence-corrected chi connectivity index (χ1v) is 9.38. The highest BCUT2D eigenvalue weighted by atomic mass is 16.2. The number of anilines is 1. The number of rotatable bonds is 6. The molecule has 0 heterocycles. The molecule has 0 spiro atoms. The molecular weight excluding hydrogens is 336 g/mol. The van der Waals surface area contributed by atoms with Crippen molar-refractivity contribution in [2.45, 2.75) is 46.5 Å². The van der Waals surface area contributed by atoms with Gasteiger partial charge in [0.25, 0.3) is 0 Å². The molecular formula is C23H30N2O2. The maximum atomic E-state index is 12.2. The van der Waals surface area contributed by atoms with E-state index in [0.29, 0.717) is 19.5 Å². The Bertz CT molecular complexity index is 806. The number of aryl methyl sites for hydroxylation is 1. The van der Waals surface area contributed by atoms with Gasteiger partial charge >= 0.3 is 0 Å². The Kier molecular flexibility index (Phi) is 6.78. The number of carbonyl (C=O) groups is 2. The summed E-state index contributed by atoms with van der Waals surface area (Å²) in [5, 5.41) is 2.93. The van der Waals surface area contributed by atoms with Gasteiger partial charge in [0.1, 0.15) is 0 Å². The van der Waals surface area contributed by atoms with E-state index in [1.165, 1.54) is 0 Å². The summed E-state index contributed by atoms with van der Waals surface area (Å²) in [6, 6.07) is 15.9. The molecule has 1 N–H and O–H groups in total. The minimum atomic E-state index is -0.0707. The van der Waals surface area contributed by atoms with E-state index >= 15 is 0 Å². The van der Waals surface area contributed by atoms with Crippen molar-refractivity contribution in [3.05, 3.63) is 65.2 Å². The highest BCUT2D eigenvalue weighted by Crippen LogP contribution is 2.31. The lowest BCUT2D eigenvalue weighted by molar-refractivity contribution is -0.121. The molecule has 0 fully saturated rings. The number of carbonyl (C=O) groups excluding carboxylic acids is 2. The van der Waals surface area contributed by atoms with Crippen LogP contribution in [0.25, 0.3) is 0 Å². The third-order valence-electron chi connectivity index (χ3n) is 4.49. The molecule has 4 heteroatoms.